The zero-order valence-electron chi connectivity index (χ0n) is 13.6. The average molecular weight is 365 g/mol. The van der Waals surface area contributed by atoms with Crippen LogP contribution in [0.2, 0.25) is 5.02 Å². The molecule has 6 nitrogen and oxygen atoms in total. The number of aromatic amines is 1. The van der Waals surface area contributed by atoms with E-state index in [1.54, 1.807) is 42.5 Å². The molecule has 2 aromatic heterocycles. The molecule has 0 unspecified atom stereocenters. The molecule has 0 fully saturated rings. The Balaban J connectivity index is 1.68. The van der Waals surface area contributed by atoms with E-state index in [0.29, 0.717) is 51.6 Å². The summed E-state index contributed by atoms with van der Waals surface area (Å²) >= 11 is 5.85. The van der Waals surface area contributed by atoms with Gasteiger partial charge in [0, 0.05) is 11.4 Å². The number of hydrogen-bond acceptors (Lipinski definition) is 4. The van der Waals surface area contributed by atoms with Crippen molar-refractivity contribution in [3.8, 4) is 11.8 Å². The van der Waals surface area contributed by atoms with Crippen LogP contribution in [0.15, 0.2) is 53.3 Å². The number of benzene rings is 2. The highest BCUT2D eigenvalue weighted by molar-refractivity contribution is 6.30. The molecule has 0 aliphatic heterocycles. The molecule has 0 spiro atoms. The first kappa shape index (κ1) is 16.2. The molecule has 2 heterocycles. The average Bonchev–Trinajstić information content (AvgIpc) is 3.01. The van der Waals surface area contributed by atoms with E-state index < -0.39 is 0 Å². The number of para-hydroxylation sites is 1. The van der Waals surface area contributed by atoms with Crippen molar-refractivity contribution in [2.75, 3.05) is 6.61 Å². The third-order valence-electron chi connectivity index (χ3n) is 4.09. The van der Waals surface area contributed by atoms with Gasteiger partial charge in [-0.05, 0) is 36.4 Å². The molecule has 0 saturated heterocycles. The highest BCUT2D eigenvalue weighted by Gasteiger charge is 2.16. The van der Waals surface area contributed by atoms with Crippen molar-refractivity contribution in [1.82, 2.24) is 14.6 Å². The van der Waals surface area contributed by atoms with Gasteiger partial charge in [-0.3, -0.25) is 9.89 Å². The molecule has 128 valence electrons. The summed E-state index contributed by atoms with van der Waals surface area (Å²) < 4.78 is 6.99. The van der Waals surface area contributed by atoms with E-state index in [-0.39, 0.29) is 5.56 Å². The molecule has 0 atom stereocenters. The van der Waals surface area contributed by atoms with Gasteiger partial charge in [-0.2, -0.15) is 9.78 Å². The Morgan fingerprint density at radius 2 is 1.96 bits per heavy atom. The molecule has 0 radical (unpaired) electrons. The summed E-state index contributed by atoms with van der Waals surface area (Å²) in [6, 6.07) is 16.3. The number of hydrogen-bond donors (Lipinski definition) is 1. The zero-order chi connectivity index (χ0) is 18.1. The number of ether oxygens (including phenoxy) is 1. The smallest absolute Gasteiger partial charge is 0.280 e. The van der Waals surface area contributed by atoms with Crippen LogP contribution in [0.3, 0.4) is 0 Å². The molecule has 26 heavy (non-hydrogen) atoms. The Morgan fingerprint density at radius 3 is 2.73 bits per heavy atom. The highest BCUT2D eigenvalue weighted by Crippen LogP contribution is 2.18. The predicted octanol–water partition coefficient (Wildman–Crippen LogP) is 3.32. The molecular weight excluding hydrogens is 352 g/mol. The van der Waals surface area contributed by atoms with Gasteiger partial charge in [-0.25, -0.2) is 4.98 Å². The molecule has 0 aliphatic rings. The quantitative estimate of drug-likeness (QED) is 0.602. The third-order valence-corrected chi connectivity index (χ3v) is 4.35. The lowest BCUT2D eigenvalue weighted by molar-refractivity contribution is 0.320. The molecule has 0 bridgehead atoms. The SMILES string of the molecule is N#Cc1c(CCOc2ccc(Cl)cc2)[nH]n2c(=O)c3ccccc3nc12. The minimum atomic E-state index is -0.230. The summed E-state index contributed by atoms with van der Waals surface area (Å²) in [7, 11) is 0. The first-order valence-electron chi connectivity index (χ1n) is 7.98. The topological polar surface area (TPSA) is 83.2 Å². The van der Waals surface area contributed by atoms with Crippen molar-refractivity contribution >= 4 is 28.2 Å². The molecule has 2 aromatic carbocycles. The van der Waals surface area contributed by atoms with Crippen molar-refractivity contribution in [2.24, 2.45) is 0 Å². The minimum Gasteiger partial charge on any atom is -0.493 e. The third kappa shape index (κ3) is 2.79. The normalized spacial score (nSPS) is 10.9. The Hall–Kier alpha value is -3.30. The summed E-state index contributed by atoms with van der Waals surface area (Å²) in [5, 5.41) is 13.7. The molecule has 7 heteroatoms. The summed E-state index contributed by atoms with van der Waals surface area (Å²) in [5.74, 6) is 0.685. The maximum atomic E-state index is 12.6. The van der Waals surface area contributed by atoms with Crippen LogP contribution < -0.4 is 10.3 Å². The van der Waals surface area contributed by atoms with Crippen LogP contribution >= 0.6 is 11.6 Å². The lowest BCUT2D eigenvalue weighted by Gasteiger charge is -2.05. The largest absolute Gasteiger partial charge is 0.493 e. The monoisotopic (exact) mass is 364 g/mol. The van der Waals surface area contributed by atoms with Gasteiger partial charge in [0.1, 0.15) is 17.4 Å². The van der Waals surface area contributed by atoms with E-state index >= 15 is 0 Å². The number of rotatable bonds is 4. The standard InChI is InChI=1S/C19H13ClN4O2/c20-12-5-7-13(8-6-12)26-10-9-17-15(11-21)18-22-16-4-2-1-3-14(16)19(25)24(18)23-17/h1-8,23H,9-10H2. The van der Waals surface area contributed by atoms with Crippen molar-refractivity contribution in [3.05, 3.63) is 75.2 Å². The minimum absolute atomic E-state index is 0.230. The van der Waals surface area contributed by atoms with Crippen LogP contribution in [0.25, 0.3) is 16.6 Å². The van der Waals surface area contributed by atoms with Gasteiger partial charge < -0.3 is 4.74 Å². The van der Waals surface area contributed by atoms with Crippen LogP contribution in [-0.2, 0) is 6.42 Å². The van der Waals surface area contributed by atoms with Gasteiger partial charge >= 0.3 is 0 Å². The number of aromatic nitrogens is 3. The Kier molecular flexibility index (Phi) is 4.07. The van der Waals surface area contributed by atoms with Gasteiger partial charge in [0.25, 0.3) is 5.56 Å². The van der Waals surface area contributed by atoms with Crippen LogP contribution in [0.1, 0.15) is 11.3 Å². The Bertz CT molecular complexity index is 1200. The summed E-state index contributed by atoms with van der Waals surface area (Å²) in [6.07, 6.45) is 0.435. The van der Waals surface area contributed by atoms with Gasteiger partial charge in [0.05, 0.1) is 23.2 Å². The highest BCUT2D eigenvalue weighted by atomic mass is 35.5. The first-order valence-corrected chi connectivity index (χ1v) is 8.36. The number of halogens is 1. The second-order valence-corrected chi connectivity index (χ2v) is 6.16. The second kappa shape index (κ2) is 6.54. The van der Waals surface area contributed by atoms with Gasteiger partial charge in [0.2, 0.25) is 0 Å². The van der Waals surface area contributed by atoms with Crippen LogP contribution in [0.4, 0.5) is 0 Å². The van der Waals surface area contributed by atoms with E-state index in [4.69, 9.17) is 16.3 Å². The summed E-state index contributed by atoms with van der Waals surface area (Å²) in [6.45, 7) is 0.345. The van der Waals surface area contributed by atoms with Gasteiger partial charge in [-0.15, -0.1) is 0 Å². The lowest BCUT2D eigenvalue weighted by atomic mass is 10.2. The molecule has 1 N–H and O–H groups in total. The van der Waals surface area contributed by atoms with Crippen LogP contribution in [0, 0.1) is 11.3 Å². The molecular formula is C19H13ClN4O2. The van der Waals surface area contributed by atoms with Crippen molar-refractivity contribution in [3.63, 3.8) is 0 Å². The van der Waals surface area contributed by atoms with Crippen LogP contribution in [0.5, 0.6) is 5.75 Å². The van der Waals surface area contributed by atoms with Crippen LogP contribution in [-0.4, -0.2) is 21.2 Å². The summed E-state index contributed by atoms with van der Waals surface area (Å²) in [4.78, 5) is 17.1. The number of nitrogens with zero attached hydrogens (tertiary/aromatic N) is 3. The fourth-order valence-electron chi connectivity index (χ4n) is 2.83. The number of fused-ring (bicyclic) bond motifs is 2. The molecule has 0 saturated carbocycles. The molecule has 4 rings (SSSR count). The van der Waals surface area contributed by atoms with Gasteiger partial charge in [-0.1, -0.05) is 23.7 Å². The Labute approximate surface area is 153 Å². The van der Waals surface area contributed by atoms with Crippen molar-refractivity contribution < 1.29 is 4.74 Å². The number of nitriles is 1. The Morgan fingerprint density at radius 1 is 1.19 bits per heavy atom. The van der Waals surface area contributed by atoms with E-state index in [1.165, 1.54) is 4.52 Å². The summed E-state index contributed by atoms with van der Waals surface area (Å²) in [5.41, 5.74) is 1.63. The number of nitrogens with one attached hydrogen (secondary N) is 1. The predicted molar refractivity (Wildman–Crippen MR) is 98.7 cm³/mol. The fourth-order valence-corrected chi connectivity index (χ4v) is 2.96. The van der Waals surface area contributed by atoms with Crippen molar-refractivity contribution in [2.45, 2.75) is 6.42 Å². The van der Waals surface area contributed by atoms with E-state index in [0.717, 1.165) is 0 Å². The van der Waals surface area contributed by atoms with E-state index in [1.807, 2.05) is 6.07 Å². The lowest BCUT2D eigenvalue weighted by Crippen LogP contribution is -2.15. The maximum Gasteiger partial charge on any atom is 0.280 e. The number of H-pyrrole nitrogens is 1. The maximum absolute atomic E-state index is 12.6. The van der Waals surface area contributed by atoms with Gasteiger partial charge in [0.15, 0.2) is 5.65 Å². The van der Waals surface area contributed by atoms with E-state index in [2.05, 4.69) is 16.2 Å². The van der Waals surface area contributed by atoms with Crippen molar-refractivity contribution in [1.29, 1.82) is 5.26 Å². The molecule has 4 aromatic rings. The molecule has 0 aliphatic carbocycles. The zero-order valence-corrected chi connectivity index (χ0v) is 14.3. The fraction of sp³-hybridized carbons (Fsp3) is 0.105. The first-order chi connectivity index (χ1) is 12.7. The van der Waals surface area contributed by atoms with E-state index in [9.17, 15) is 10.1 Å². The molecule has 0 amide bonds. The second-order valence-electron chi connectivity index (χ2n) is 5.72.